The third-order valence-corrected chi connectivity index (χ3v) is 2.12. The maximum Gasteiger partial charge on any atom is 0.152 e. The number of carbonyl (C=O) groups excluding carboxylic acids is 1. The minimum absolute atomic E-state index is 0.0795. The fraction of sp³-hybridized carbons (Fsp3) is 0.750. The predicted molar refractivity (Wildman–Crippen MR) is 59.3 cm³/mol. The monoisotopic (exact) mass is 198 g/mol. The Morgan fingerprint density at radius 2 is 2.00 bits per heavy atom. The van der Waals surface area contributed by atoms with E-state index in [9.17, 15) is 4.79 Å². The van der Waals surface area contributed by atoms with E-state index in [2.05, 4.69) is 13.8 Å². The highest BCUT2D eigenvalue weighted by Crippen LogP contribution is 2.10. The Hall–Kier alpha value is -0.630. The van der Waals surface area contributed by atoms with Gasteiger partial charge in [0.15, 0.2) is 5.78 Å². The van der Waals surface area contributed by atoms with Gasteiger partial charge in [-0.15, -0.1) is 0 Å². The fourth-order valence-electron chi connectivity index (χ4n) is 1.26. The first-order chi connectivity index (χ1) is 6.56. The molecule has 0 fully saturated rings. The molecule has 14 heavy (non-hydrogen) atoms. The molecule has 0 aromatic rings. The topological polar surface area (TPSA) is 26.3 Å². The summed E-state index contributed by atoms with van der Waals surface area (Å²) in [5.74, 6) is 0.820. The summed E-state index contributed by atoms with van der Waals surface area (Å²) in [6.07, 6.45) is 6.90. The van der Waals surface area contributed by atoms with E-state index < -0.39 is 0 Å². The summed E-state index contributed by atoms with van der Waals surface area (Å²) in [4.78, 5) is 10.7. The van der Waals surface area contributed by atoms with E-state index in [-0.39, 0.29) is 11.9 Å². The summed E-state index contributed by atoms with van der Waals surface area (Å²) in [5.41, 5.74) is 0. The van der Waals surface area contributed by atoms with Crippen LogP contribution in [-0.4, -0.2) is 19.0 Å². The van der Waals surface area contributed by atoms with Crippen molar-refractivity contribution in [1.29, 1.82) is 0 Å². The summed E-state index contributed by atoms with van der Waals surface area (Å²) in [7, 11) is 1.69. The molecule has 0 radical (unpaired) electrons. The van der Waals surface area contributed by atoms with Gasteiger partial charge in [-0.25, -0.2) is 0 Å². The lowest BCUT2D eigenvalue weighted by Crippen LogP contribution is -2.07. The van der Waals surface area contributed by atoms with Crippen LogP contribution in [0, 0.1) is 5.92 Å². The van der Waals surface area contributed by atoms with Crippen LogP contribution in [0.25, 0.3) is 0 Å². The number of hydrogen-bond donors (Lipinski definition) is 0. The number of ketones is 1. The molecule has 0 aliphatic carbocycles. The van der Waals surface area contributed by atoms with Gasteiger partial charge in [0.2, 0.25) is 0 Å². The average molecular weight is 198 g/mol. The van der Waals surface area contributed by atoms with Gasteiger partial charge in [0.05, 0.1) is 6.10 Å². The molecule has 0 aromatic heterocycles. The standard InChI is InChI=1S/C12H22O2/c1-10(2)6-5-7-12(14-4)9-8-11(3)13/h8-10,12H,5-7H2,1-4H3/b9-8+. The Bertz CT molecular complexity index is 183. The Kier molecular flexibility index (Phi) is 7.40. The third-order valence-electron chi connectivity index (χ3n) is 2.12. The molecule has 0 aromatic carbocycles. The van der Waals surface area contributed by atoms with Crippen molar-refractivity contribution in [2.45, 2.75) is 46.1 Å². The predicted octanol–water partition coefficient (Wildman–Crippen LogP) is 2.97. The van der Waals surface area contributed by atoms with Gasteiger partial charge < -0.3 is 4.74 Å². The number of ether oxygens (including phenoxy) is 1. The van der Waals surface area contributed by atoms with Crippen LogP contribution >= 0.6 is 0 Å². The largest absolute Gasteiger partial charge is 0.377 e. The van der Waals surface area contributed by atoms with Crippen LogP contribution in [0.15, 0.2) is 12.2 Å². The molecule has 0 aliphatic rings. The second-order valence-corrected chi connectivity index (χ2v) is 4.07. The van der Waals surface area contributed by atoms with Crippen molar-refractivity contribution in [3.63, 3.8) is 0 Å². The molecule has 0 amide bonds. The molecular formula is C12H22O2. The first-order valence-corrected chi connectivity index (χ1v) is 5.27. The smallest absolute Gasteiger partial charge is 0.152 e. The van der Waals surface area contributed by atoms with Gasteiger partial charge in [0.25, 0.3) is 0 Å². The van der Waals surface area contributed by atoms with E-state index in [1.165, 1.54) is 6.42 Å². The molecule has 1 unspecified atom stereocenters. The molecular weight excluding hydrogens is 176 g/mol. The van der Waals surface area contributed by atoms with Crippen molar-refractivity contribution in [1.82, 2.24) is 0 Å². The highest BCUT2D eigenvalue weighted by molar-refractivity contribution is 5.87. The van der Waals surface area contributed by atoms with Crippen LogP contribution in [0.2, 0.25) is 0 Å². The number of hydrogen-bond acceptors (Lipinski definition) is 2. The van der Waals surface area contributed by atoms with E-state index in [4.69, 9.17) is 4.74 Å². The van der Waals surface area contributed by atoms with Gasteiger partial charge in [-0.3, -0.25) is 4.79 Å². The summed E-state index contributed by atoms with van der Waals surface area (Å²) in [6.45, 7) is 5.98. The SMILES string of the molecule is COC(/C=C/C(C)=O)CCCC(C)C. The van der Waals surface area contributed by atoms with Gasteiger partial charge in [-0.05, 0) is 25.3 Å². The fourth-order valence-corrected chi connectivity index (χ4v) is 1.26. The van der Waals surface area contributed by atoms with Crippen molar-refractivity contribution >= 4 is 5.78 Å². The van der Waals surface area contributed by atoms with Crippen molar-refractivity contribution in [3.05, 3.63) is 12.2 Å². The lowest BCUT2D eigenvalue weighted by molar-refractivity contribution is -0.112. The minimum Gasteiger partial charge on any atom is -0.377 e. The van der Waals surface area contributed by atoms with Crippen LogP contribution in [0.4, 0.5) is 0 Å². The molecule has 0 rings (SSSR count). The van der Waals surface area contributed by atoms with Crippen LogP contribution in [0.1, 0.15) is 40.0 Å². The van der Waals surface area contributed by atoms with Crippen LogP contribution in [-0.2, 0) is 9.53 Å². The van der Waals surface area contributed by atoms with Crippen LogP contribution in [0.3, 0.4) is 0 Å². The zero-order valence-electron chi connectivity index (χ0n) is 9.75. The first kappa shape index (κ1) is 13.4. The Morgan fingerprint density at radius 3 is 2.43 bits per heavy atom. The number of methoxy groups -OCH3 is 1. The lowest BCUT2D eigenvalue weighted by atomic mass is 10.0. The number of allylic oxidation sites excluding steroid dienone is 1. The Balaban J connectivity index is 3.74. The molecule has 0 N–H and O–H groups in total. The molecule has 2 nitrogen and oxygen atoms in total. The molecule has 0 heterocycles. The second kappa shape index (κ2) is 7.74. The van der Waals surface area contributed by atoms with Gasteiger partial charge in [0, 0.05) is 7.11 Å². The van der Waals surface area contributed by atoms with E-state index in [0.29, 0.717) is 0 Å². The minimum atomic E-state index is 0.0795. The summed E-state index contributed by atoms with van der Waals surface area (Å²) >= 11 is 0. The highest BCUT2D eigenvalue weighted by atomic mass is 16.5. The summed E-state index contributed by atoms with van der Waals surface area (Å²) in [5, 5.41) is 0. The van der Waals surface area contributed by atoms with Crippen molar-refractivity contribution in [3.8, 4) is 0 Å². The molecule has 2 heteroatoms. The number of rotatable bonds is 7. The maximum absolute atomic E-state index is 10.7. The molecule has 0 saturated heterocycles. The van der Waals surface area contributed by atoms with Gasteiger partial charge >= 0.3 is 0 Å². The van der Waals surface area contributed by atoms with Crippen molar-refractivity contribution < 1.29 is 9.53 Å². The zero-order chi connectivity index (χ0) is 11.0. The molecule has 0 bridgehead atoms. The van der Waals surface area contributed by atoms with E-state index in [0.717, 1.165) is 18.8 Å². The summed E-state index contributed by atoms with van der Waals surface area (Å²) in [6, 6.07) is 0. The van der Waals surface area contributed by atoms with Crippen molar-refractivity contribution in [2.24, 2.45) is 5.92 Å². The molecule has 1 atom stereocenters. The molecule has 0 aliphatic heterocycles. The molecule has 82 valence electrons. The lowest BCUT2D eigenvalue weighted by Gasteiger charge is -2.11. The Morgan fingerprint density at radius 1 is 1.36 bits per heavy atom. The molecule has 0 spiro atoms. The Labute approximate surface area is 87.3 Å². The summed E-state index contributed by atoms with van der Waals surface area (Å²) < 4.78 is 5.24. The van der Waals surface area contributed by atoms with E-state index in [1.54, 1.807) is 20.1 Å². The van der Waals surface area contributed by atoms with Gasteiger partial charge in [-0.1, -0.05) is 32.8 Å². The van der Waals surface area contributed by atoms with E-state index in [1.807, 2.05) is 6.08 Å². The van der Waals surface area contributed by atoms with Crippen LogP contribution < -0.4 is 0 Å². The zero-order valence-corrected chi connectivity index (χ0v) is 9.75. The quantitative estimate of drug-likeness (QED) is 0.588. The highest BCUT2D eigenvalue weighted by Gasteiger charge is 2.03. The maximum atomic E-state index is 10.7. The van der Waals surface area contributed by atoms with Crippen LogP contribution in [0.5, 0.6) is 0 Å². The first-order valence-electron chi connectivity index (χ1n) is 5.27. The number of carbonyl (C=O) groups is 1. The van der Waals surface area contributed by atoms with Gasteiger partial charge in [-0.2, -0.15) is 0 Å². The van der Waals surface area contributed by atoms with E-state index >= 15 is 0 Å². The van der Waals surface area contributed by atoms with Gasteiger partial charge in [0.1, 0.15) is 0 Å². The van der Waals surface area contributed by atoms with Crippen molar-refractivity contribution in [2.75, 3.05) is 7.11 Å². The normalized spacial score (nSPS) is 13.8. The third kappa shape index (κ3) is 7.99. The average Bonchev–Trinajstić information content (AvgIpc) is 2.10. The second-order valence-electron chi connectivity index (χ2n) is 4.07. The molecule has 0 saturated carbocycles.